The van der Waals surface area contributed by atoms with Crippen molar-refractivity contribution in [2.45, 2.75) is 0 Å². The summed E-state index contributed by atoms with van der Waals surface area (Å²) in [5.74, 6) is -2.74. The molecule has 0 aliphatic heterocycles. The molecule has 2 N–H and O–H groups in total. The second-order valence-corrected chi connectivity index (χ2v) is 2.01. The van der Waals surface area contributed by atoms with Gasteiger partial charge in [-0.05, 0) is 0 Å². The van der Waals surface area contributed by atoms with Gasteiger partial charge in [-0.1, -0.05) is 0 Å². The first kappa shape index (κ1) is 16.4. The number of benzene rings is 1. The zero-order chi connectivity index (χ0) is 9.46. The van der Waals surface area contributed by atoms with Crippen LogP contribution in [0.15, 0.2) is 19.2 Å². The van der Waals surface area contributed by atoms with E-state index in [4.69, 9.17) is 10.2 Å². The van der Waals surface area contributed by atoms with Crippen LogP contribution in [0.3, 0.4) is 0 Å². The van der Waals surface area contributed by atoms with Crippen molar-refractivity contribution in [2.75, 3.05) is 0 Å². The fourth-order valence-corrected chi connectivity index (χ4v) is 0.636. The predicted octanol–water partition coefficient (Wildman–Crippen LogP) is -3.88. The molecule has 0 saturated heterocycles. The molecule has 0 aliphatic carbocycles. The monoisotopic (exact) mass is 218 g/mol. The summed E-state index contributed by atoms with van der Waals surface area (Å²) in [5.41, 5.74) is -6.38. The van der Waals surface area contributed by atoms with Crippen molar-refractivity contribution in [3.05, 3.63) is 40.9 Å². The van der Waals surface area contributed by atoms with Crippen LogP contribution in [0.5, 0.6) is 11.5 Å². The van der Waals surface area contributed by atoms with Gasteiger partial charge in [-0.2, -0.15) is 0 Å². The van der Waals surface area contributed by atoms with Crippen LogP contribution in [0.4, 0.5) is 0 Å². The van der Waals surface area contributed by atoms with E-state index in [2.05, 4.69) is 0 Å². The average Bonchev–Trinajstić information content (AvgIpc) is 2.08. The number of phenolic OH excluding ortho intramolecular Hbond substituents is 2. The first-order chi connectivity index (χ1) is 5.46. The number of rotatable bonds is 0. The Morgan fingerprint density at radius 2 is 0.786 bits per heavy atom. The van der Waals surface area contributed by atoms with Gasteiger partial charge in [-0.25, -0.2) is 0 Å². The van der Waals surface area contributed by atoms with E-state index in [1.54, 1.807) is 0 Å². The van der Waals surface area contributed by atoms with Crippen molar-refractivity contribution in [2.24, 2.45) is 0 Å². The fraction of sp³-hybridized carbons (Fsp3) is 0. The third-order valence-corrected chi connectivity index (χ3v) is 1.27. The topological polar surface area (TPSA) is 109 Å². The fourth-order valence-electron chi connectivity index (χ4n) is 0.636. The molecule has 14 heavy (non-hydrogen) atoms. The van der Waals surface area contributed by atoms with Crippen molar-refractivity contribution >= 4 is 59.1 Å². The van der Waals surface area contributed by atoms with E-state index in [1.165, 1.54) is 0 Å². The summed E-state index contributed by atoms with van der Waals surface area (Å²) in [4.78, 5) is 41.9. The summed E-state index contributed by atoms with van der Waals surface area (Å²) in [6.45, 7) is 0. The Labute approximate surface area is 120 Å². The van der Waals surface area contributed by atoms with Crippen molar-refractivity contribution in [3.8, 4) is 11.5 Å². The Balaban J connectivity index is 0. The van der Waals surface area contributed by atoms with Crippen LogP contribution in [-0.4, -0.2) is 69.3 Å². The van der Waals surface area contributed by atoms with Crippen molar-refractivity contribution in [1.29, 1.82) is 0 Å². The van der Waals surface area contributed by atoms with E-state index >= 15 is 0 Å². The Morgan fingerprint density at radius 3 is 1.00 bits per heavy atom. The molecule has 8 heteroatoms. The summed E-state index contributed by atoms with van der Waals surface area (Å²) in [6.07, 6.45) is 0. The Kier molecular flexibility index (Phi) is 6.81. The van der Waals surface area contributed by atoms with Crippen LogP contribution in [0.1, 0.15) is 0 Å². The third-order valence-electron chi connectivity index (χ3n) is 1.27. The first-order valence-electron chi connectivity index (χ1n) is 2.76. The van der Waals surface area contributed by atoms with Crippen LogP contribution >= 0.6 is 0 Å². The van der Waals surface area contributed by atoms with E-state index in [0.29, 0.717) is 0 Å². The van der Waals surface area contributed by atoms with Crippen LogP contribution in [0.2, 0.25) is 0 Å². The molecule has 0 atom stereocenters. The zero-order valence-electron chi connectivity index (χ0n) is 5.53. The molecular weight excluding hydrogens is 214 g/mol. The van der Waals surface area contributed by atoms with Gasteiger partial charge in [-0.15, -0.1) is 0 Å². The second-order valence-electron chi connectivity index (χ2n) is 2.01. The van der Waals surface area contributed by atoms with Crippen molar-refractivity contribution < 1.29 is 10.2 Å². The molecule has 0 unspecified atom stereocenters. The molecule has 0 amide bonds. The van der Waals surface area contributed by atoms with Crippen molar-refractivity contribution in [3.63, 3.8) is 0 Å². The molecule has 1 aromatic rings. The standard InChI is InChI=1S/C6H2O6.2Na.2H/c7-1-2(8)4(10)6(12)5(11)3(1)9;;;;/h7-8H;;;;. The maximum absolute atomic E-state index is 10.5. The minimum absolute atomic E-state index is 0. The van der Waals surface area contributed by atoms with Crippen LogP contribution in [0.25, 0.3) is 0 Å². The van der Waals surface area contributed by atoms with Gasteiger partial charge in [-0.3, -0.25) is 19.2 Å². The molecule has 0 heterocycles. The molecule has 0 bridgehead atoms. The van der Waals surface area contributed by atoms with Crippen LogP contribution in [-0.2, 0) is 0 Å². The molecule has 1 aromatic carbocycles. The summed E-state index contributed by atoms with van der Waals surface area (Å²) in [5, 5.41) is 17.2. The van der Waals surface area contributed by atoms with Gasteiger partial charge in [0.15, 0.2) is 0 Å². The second kappa shape index (κ2) is 5.79. The van der Waals surface area contributed by atoms with Gasteiger partial charge in [0, 0.05) is 0 Å². The Morgan fingerprint density at radius 1 is 0.571 bits per heavy atom. The van der Waals surface area contributed by atoms with Crippen LogP contribution < -0.4 is 21.7 Å². The molecule has 1 rings (SSSR count). The summed E-state index contributed by atoms with van der Waals surface area (Å²) in [7, 11) is 0. The van der Waals surface area contributed by atoms with Gasteiger partial charge in [0.1, 0.15) is 0 Å². The number of hydrogen-bond acceptors (Lipinski definition) is 6. The molecule has 0 spiro atoms. The Bertz CT molecular complexity index is 478. The molecule has 0 aliphatic rings. The first-order valence-corrected chi connectivity index (χ1v) is 2.76. The third kappa shape index (κ3) is 2.53. The normalized spacial score (nSPS) is 8.57. The zero-order valence-corrected chi connectivity index (χ0v) is 5.53. The predicted molar refractivity (Wildman–Crippen MR) is 51.5 cm³/mol. The minimum atomic E-state index is -1.63. The summed E-state index contributed by atoms with van der Waals surface area (Å²) in [6, 6.07) is 0. The van der Waals surface area contributed by atoms with Gasteiger partial charge in [0.25, 0.3) is 21.7 Å². The summed E-state index contributed by atoms with van der Waals surface area (Å²) >= 11 is 0. The van der Waals surface area contributed by atoms with E-state index in [0.717, 1.165) is 0 Å². The van der Waals surface area contributed by atoms with E-state index in [-0.39, 0.29) is 59.1 Å². The molecule has 66 valence electrons. The van der Waals surface area contributed by atoms with Crippen LogP contribution in [0, 0.1) is 0 Å². The van der Waals surface area contributed by atoms with E-state index in [9.17, 15) is 19.2 Å². The average molecular weight is 218 g/mol. The summed E-state index contributed by atoms with van der Waals surface area (Å²) < 4.78 is 0. The number of aromatic hydroxyl groups is 2. The molecular formula is C6H4Na2O6. The number of phenols is 2. The quantitative estimate of drug-likeness (QED) is 0.262. The maximum atomic E-state index is 10.5. The van der Waals surface area contributed by atoms with Crippen molar-refractivity contribution in [1.82, 2.24) is 0 Å². The van der Waals surface area contributed by atoms with E-state index < -0.39 is 33.2 Å². The molecule has 0 saturated carbocycles. The van der Waals surface area contributed by atoms with Gasteiger partial charge in [0.2, 0.25) is 11.5 Å². The molecule has 0 fully saturated rings. The molecule has 6 nitrogen and oxygen atoms in total. The molecule has 0 aromatic heterocycles. The van der Waals surface area contributed by atoms with E-state index in [1.807, 2.05) is 0 Å². The SMILES string of the molecule is O=c1c(O)c(O)c(=O)c(=O)c1=O.[NaH].[NaH]. The number of hydrogen-bond donors (Lipinski definition) is 2. The van der Waals surface area contributed by atoms with Gasteiger partial charge < -0.3 is 10.2 Å². The Hall–Kier alpha value is 0.0200. The van der Waals surface area contributed by atoms with Gasteiger partial charge in [0.05, 0.1) is 0 Å². The van der Waals surface area contributed by atoms with Gasteiger partial charge >= 0.3 is 59.1 Å². The molecule has 0 radical (unpaired) electrons.